The van der Waals surface area contributed by atoms with Gasteiger partial charge in [-0.3, -0.25) is 0 Å². The second-order valence-corrected chi connectivity index (χ2v) is 47.3. The van der Waals surface area contributed by atoms with Gasteiger partial charge in [-0.1, -0.05) is 52.4 Å². The molecular weight excluding hydrogens is 1330 g/mol. The first kappa shape index (κ1) is 58.9. The van der Waals surface area contributed by atoms with Crippen molar-refractivity contribution in [3.05, 3.63) is 142 Å². The van der Waals surface area contributed by atoms with Crippen molar-refractivity contribution in [3.8, 4) is 69.7 Å². The van der Waals surface area contributed by atoms with E-state index in [0.29, 0.717) is 0 Å². The van der Waals surface area contributed by atoms with Crippen LogP contribution in [-0.4, -0.2) is 18.4 Å². The predicted octanol–water partition coefficient (Wildman–Crippen LogP) is 25.8. The third-order valence-electron chi connectivity index (χ3n) is 12.5. The van der Waals surface area contributed by atoms with E-state index in [0.717, 1.165) is 8.95 Å². The molecule has 390 valence electrons. The van der Waals surface area contributed by atoms with Crippen LogP contribution in [0, 0.1) is 0 Å². The molecule has 10 heterocycles. The van der Waals surface area contributed by atoms with Gasteiger partial charge in [0.05, 0.1) is 0 Å². The smallest absolute Gasteiger partial charge is 0.0449 e. The average Bonchev–Trinajstić information content (AvgIpc) is 4.22. The summed E-state index contributed by atoms with van der Waals surface area (Å²) in [7, 11) is 0. The van der Waals surface area contributed by atoms with E-state index in [4.69, 9.17) is 0 Å². The largest absolute Gasteiger partial charge is 0.142 e. The van der Waals surface area contributed by atoms with Crippen LogP contribution in [0.1, 0.15) is 112 Å². The summed E-state index contributed by atoms with van der Waals surface area (Å²) >= 11 is 24.1. The van der Waals surface area contributed by atoms with Crippen LogP contribution in [0.25, 0.3) is 69.7 Å². The molecule has 0 saturated carbocycles. The van der Waals surface area contributed by atoms with Crippen molar-refractivity contribution < 1.29 is 0 Å². The fourth-order valence-electron chi connectivity index (χ4n) is 8.31. The molecule has 0 saturated heterocycles. The number of unbranched alkanes of at least 4 members (excludes halogenated alkanes) is 9. The van der Waals surface area contributed by atoms with Gasteiger partial charge in [0.2, 0.25) is 0 Å². The van der Waals surface area contributed by atoms with Gasteiger partial charge < -0.3 is 0 Å². The van der Waals surface area contributed by atoms with Gasteiger partial charge >= 0.3 is 137 Å². The maximum absolute atomic E-state index is 3.44. The van der Waals surface area contributed by atoms with Crippen molar-refractivity contribution in [2.75, 3.05) is 0 Å². The minimum absolute atomic E-state index is 1.16. The molecule has 10 aromatic heterocycles. The molecule has 0 fully saturated rings. The van der Waals surface area contributed by atoms with Crippen molar-refractivity contribution >= 4 is 166 Å². The maximum atomic E-state index is 3.44. The Morgan fingerprint density at radius 1 is 0.324 bits per heavy atom. The summed E-state index contributed by atoms with van der Waals surface area (Å²) in [6.07, 6.45) is 19.8. The van der Waals surface area contributed by atoms with Crippen LogP contribution >= 0.6 is 145 Å². The Bertz CT molecular complexity index is 3030. The number of aryl methyl sites for hydroxylation is 3. The monoisotopic (exact) mass is 1400 g/mol. The summed E-state index contributed by atoms with van der Waals surface area (Å²) < 4.78 is 4.01. The molecule has 0 aliphatic heterocycles. The molecule has 0 aliphatic carbocycles. The Labute approximate surface area is 503 Å². The summed E-state index contributed by atoms with van der Waals surface area (Å²) in [4.78, 5) is 28.8. The molecule has 0 aliphatic rings. The van der Waals surface area contributed by atoms with E-state index in [9.17, 15) is 0 Å². The molecule has 0 spiro atoms. The van der Waals surface area contributed by atoms with Gasteiger partial charge in [0, 0.05) is 100 Å². The Balaban J connectivity index is 0.000000186. The van der Waals surface area contributed by atoms with Crippen molar-refractivity contribution in [3.63, 3.8) is 0 Å². The Hall–Kier alpha value is -1.24. The number of hydrogen-bond donors (Lipinski definition) is 0. The second-order valence-electron chi connectivity index (χ2n) is 19.6. The van der Waals surface area contributed by atoms with Gasteiger partial charge in [0.25, 0.3) is 0 Å². The standard InChI is InChI=1S/C36H38S6.C14H17S2.C8H4Br2S2.3CH3.Sn/c1-3-5-7-9-11-27-13-15-31(39-27)33-19-17-29(41-33)25-21-35(37-23-25)36-22-26(24-38-36)30-18-20-34(42-30)32-16-14-28(40-32)12-10-8-6-4-2;1-2-3-4-5-7-12-9-10-14(16-12)13-8-6-11-15-13;9-5-1-7(11-3-5)8-2-6(10)4-12-8;;;;/h13-24H,3-12H2,1-2H3;6,8-10H,2-5,7H2,1H3;1-4H;3*1H3;. The summed E-state index contributed by atoms with van der Waals surface area (Å²) in [6.45, 7) is 6.84. The topological polar surface area (TPSA) is 0 Å². The fraction of sp³-hybridized carbons (Fsp3) is 0.344. The molecule has 10 rings (SSSR count). The van der Waals surface area contributed by atoms with Gasteiger partial charge in [-0.05, 0) is 130 Å². The van der Waals surface area contributed by atoms with E-state index < -0.39 is 18.4 Å². The summed E-state index contributed by atoms with van der Waals surface area (Å²) in [5, 5.41) is 8.86. The zero-order valence-corrected chi connectivity index (χ0v) is 57.7. The molecule has 0 bridgehead atoms. The van der Waals surface area contributed by atoms with Crippen molar-refractivity contribution in [1.29, 1.82) is 0 Å². The molecule has 0 atom stereocenters. The molecule has 10 aromatic rings. The number of hydrogen-bond acceptors (Lipinski definition) is 10. The SMILES string of the molecule is Brc1csc(-c2cc(Br)cs2)c1.CCCCCCc1ccc(-c2cc[c]([Sn]([CH3])([CH3])[CH3])s2)s1.CCCCCCc1ccc(-c2ccc(-c3csc(-c4cc(-c5ccc(-c6ccc(CCCCCC)s6)s5)cs4)c3)s2)s1. The van der Waals surface area contributed by atoms with Gasteiger partial charge in [-0.15, -0.1) is 90.7 Å². The van der Waals surface area contributed by atoms with Crippen LogP contribution in [0.3, 0.4) is 0 Å². The van der Waals surface area contributed by atoms with Crippen LogP contribution in [-0.2, 0) is 19.3 Å². The van der Waals surface area contributed by atoms with Gasteiger partial charge in [-0.25, -0.2) is 0 Å². The number of thiophene rings is 10. The number of halogens is 2. The Kier molecular flexibility index (Phi) is 23.7. The third-order valence-corrected chi connectivity index (χ3v) is 35.0. The molecule has 0 radical (unpaired) electrons. The minimum Gasteiger partial charge on any atom is -0.142 e. The van der Waals surface area contributed by atoms with Crippen molar-refractivity contribution in [2.45, 2.75) is 132 Å². The van der Waals surface area contributed by atoms with Crippen molar-refractivity contribution in [2.24, 2.45) is 0 Å². The first-order valence-corrected chi connectivity index (χ1v) is 46.2. The van der Waals surface area contributed by atoms with E-state index in [2.05, 4.69) is 186 Å². The fourth-order valence-corrected chi connectivity index (χ4v) is 25.0. The molecule has 0 N–H and O–H groups in total. The molecule has 0 amide bonds. The van der Waals surface area contributed by atoms with E-state index in [1.165, 1.54) is 176 Å². The predicted molar refractivity (Wildman–Crippen MR) is 358 cm³/mol. The molecular formula is C61H68Br2S10Sn. The molecule has 13 heteroatoms. The third kappa shape index (κ3) is 17.4. The van der Waals surface area contributed by atoms with E-state index in [1.54, 1.807) is 30.4 Å². The molecule has 0 nitrogen and oxygen atoms in total. The van der Waals surface area contributed by atoms with Crippen LogP contribution in [0.4, 0.5) is 0 Å². The second kappa shape index (κ2) is 29.8. The number of rotatable bonds is 23. The Morgan fingerprint density at radius 2 is 0.649 bits per heavy atom. The van der Waals surface area contributed by atoms with Crippen LogP contribution in [0.15, 0.2) is 128 Å². The summed E-state index contributed by atoms with van der Waals surface area (Å²) in [5.74, 6) is 0. The van der Waals surface area contributed by atoms with Crippen LogP contribution < -0.4 is 2.89 Å². The maximum Gasteiger partial charge on any atom is 0.0449 e. The van der Waals surface area contributed by atoms with E-state index >= 15 is 0 Å². The van der Waals surface area contributed by atoms with E-state index in [-0.39, 0.29) is 0 Å². The van der Waals surface area contributed by atoms with Gasteiger partial charge in [0.15, 0.2) is 0 Å². The summed E-state index contributed by atoms with van der Waals surface area (Å²) in [6, 6.07) is 37.0. The Morgan fingerprint density at radius 3 is 1.00 bits per heavy atom. The first-order valence-electron chi connectivity index (χ1n) is 26.2. The average molecular weight is 1400 g/mol. The van der Waals surface area contributed by atoms with Gasteiger partial charge in [0.1, 0.15) is 0 Å². The zero-order chi connectivity index (χ0) is 51.9. The van der Waals surface area contributed by atoms with E-state index in [1.807, 2.05) is 90.7 Å². The zero-order valence-electron chi connectivity index (χ0n) is 43.5. The molecule has 0 unspecified atom stereocenters. The first-order chi connectivity index (χ1) is 36.0. The summed E-state index contributed by atoms with van der Waals surface area (Å²) in [5.41, 5.74) is 2.69. The molecule has 0 aromatic carbocycles. The van der Waals surface area contributed by atoms with Crippen LogP contribution in [0.2, 0.25) is 14.8 Å². The minimum atomic E-state index is -1.87. The van der Waals surface area contributed by atoms with Crippen molar-refractivity contribution in [1.82, 2.24) is 0 Å². The quantitative estimate of drug-likeness (QED) is 0.0442. The normalized spacial score (nSPS) is 11.5. The van der Waals surface area contributed by atoms with Crippen LogP contribution in [0.5, 0.6) is 0 Å². The van der Waals surface area contributed by atoms with Gasteiger partial charge in [-0.2, -0.15) is 0 Å². The molecule has 74 heavy (non-hydrogen) atoms.